The molecular weight excluding hydrogens is 337 g/mol. The van der Waals surface area contributed by atoms with E-state index in [1.54, 1.807) is 4.90 Å². The average Bonchev–Trinajstić information content (AvgIpc) is 2.58. The van der Waals surface area contributed by atoms with Gasteiger partial charge >= 0.3 is 12.2 Å². The second-order valence-corrected chi connectivity index (χ2v) is 6.83. The number of carbonyl (C=O) groups excluding carboxylic acids is 1. The van der Waals surface area contributed by atoms with Gasteiger partial charge in [0.1, 0.15) is 0 Å². The number of carbonyl (C=O) groups is 1. The third kappa shape index (κ3) is 4.32. The van der Waals surface area contributed by atoms with E-state index in [1.807, 2.05) is 0 Å². The van der Waals surface area contributed by atoms with E-state index in [1.165, 1.54) is 6.07 Å². The fourth-order valence-corrected chi connectivity index (χ4v) is 3.64. The molecular formula is C16H21F3N4O2. The van der Waals surface area contributed by atoms with Gasteiger partial charge in [-0.15, -0.1) is 0 Å². The van der Waals surface area contributed by atoms with Crippen LogP contribution in [0.4, 0.5) is 18.0 Å². The van der Waals surface area contributed by atoms with E-state index in [9.17, 15) is 22.8 Å². The van der Waals surface area contributed by atoms with Gasteiger partial charge in [-0.3, -0.25) is 4.79 Å². The van der Waals surface area contributed by atoms with Crippen LogP contribution in [0.2, 0.25) is 0 Å². The minimum absolute atomic E-state index is 0.0753. The lowest BCUT2D eigenvalue weighted by Crippen LogP contribution is -2.45. The maximum atomic E-state index is 12.8. The van der Waals surface area contributed by atoms with Crippen molar-refractivity contribution in [3.63, 3.8) is 0 Å². The number of H-pyrrole nitrogens is 1. The number of hydrogen-bond acceptors (Lipinski definition) is 3. The first kappa shape index (κ1) is 17.8. The maximum Gasteiger partial charge on any atom is 0.391 e. The fraction of sp³-hybridized carbons (Fsp3) is 0.688. The third-order valence-corrected chi connectivity index (χ3v) is 5.03. The van der Waals surface area contributed by atoms with E-state index in [4.69, 9.17) is 0 Å². The quantitative estimate of drug-likeness (QED) is 0.851. The molecule has 0 spiro atoms. The monoisotopic (exact) mass is 358 g/mol. The first-order valence-electron chi connectivity index (χ1n) is 8.50. The zero-order valence-electron chi connectivity index (χ0n) is 13.7. The van der Waals surface area contributed by atoms with Crippen molar-refractivity contribution < 1.29 is 18.0 Å². The molecule has 3 rings (SSSR count). The lowest BCUT2D eigenvalue weighted by atomic mass is 9.81. The fourth-order valence-electron chi connectivity index (χ4n) is 3.64. The molecule has 2 heterocycles. The second kappa shape index (κ2) is 7.05. The number of nitrogens with zero attached hydrogens (tertiary/aromatic N) is 2. The van der Waals surface area contributed by atoms with Crippen molar-refractivity contribution in [3.8, 4) is 0 Å². The van der Waals surface area contributed by atoms with E-state index < -0.39 is 12.1 Å². The number of fused-ring (bicyclic) bond motifs is 1. The summed E-state index contributed by atoms with van der Waals surface area (Å²) >= 11 is 0. The zero-order chi connectivity index (χ0) is 18.0. The van der Waals surface area contributed by atoms with Gasteiger partial charge in [-0.25, -0.2) is 9.89 Å². The average molecular weight is 358 g/mol. The number of hydrogen-bond donors (Lipinski definition) is 2. The number of aromatic nitrogens is 2. The van der Waals surface area contributed by atoms with Crippen molar-refractivity contribution in [3.05, 3.63) is 27.7 Å². The van der Waals surface area contributed by atoms with Crippen molar-refractivity contribution >= 4 is 6.03 Å². The van der Waals surface area contributed by atoms with E-state index >= 15 is 0 Å². The summed E-state index contributed by atoms with van der Waals surface area (Å²) in [5.41, 5.74) is 1.16. The standard InChI is InChI=1S/C16H21F3N4O2/c17-16(18,19)12-3-1-2-10(6-12)8-20-15(25)23-5-4-13-11(9-23)7-14(24)22-21-13/h7,10,12H,1-6,8-9H2,(H,20,25)(H,22,24). The smallest absolute Gasteiger partial charge is 0.338 e. The lowest BCUT2D eigenvalue weighted by molar-refractivity contribution is -0.185. The van der Waals surface area contributed by atoms with Gasteiger partial charge in [0, 0.05) is 37.7 Å². The summed E-state index contributed by atoms with van der Waals surface area (Å²) in [7, 11) is 0. The molecule has 2 N–H and O–H groups in total. The number of nitrogens with one attached hydrogen (secondary N) is 2. The maximum absolute atomic E-state index is 12.8. The van der Waals surface area contributed by atoms with Gasteiger partial charge < -0.3 is 10.2 Å². The van der Waals surface area contributed by atoms with Crippen molar-refractivity contribution in [1.29, 1.82) is 0 Å². The SMILES string of the molecule is O=C(NCC1CCCC(C(F)(F)F)C1)N1CCc2n[nH]c(=O)cc2C1. The van der Waals surface area contributed by atoms with Gasteiger partial charge in [0.15, 0.2) is 0 Å². The van der Waals surface area contributed by atoms with E-state index in [0.29, 0.717) is 31.4 Å². The Morgan fingerprint density at radius 2 is 2.20 bits per heavy atom. The van der Waals surface area contributed by atoms with Gasteiger partial charge in [-0.1, -0.05) is 6.42 Å². The van der Waals surface area contributed by atoms with E-state index in [2.05, 4.69) is 15.5 Å². The molecule has 1 aromatic rings. The van der Waals surface area contributed by atoms with Crippen LogP contribution in [0.5, 0.6) is 0 Å². The molecule has 0 bridgehead atoms. The number of amides is 2. The van der Waals surface area contributed by atoms with Gasteiger partial charge in [0.25, 0.3) is 5.56 Å². The van der Waals surface area contributed by atoms with Crippen molar-refractivity contribution in [2.75, 3.05) is 13.1 Å². The number of alkyl halides is 3. The molecule has 6 nitrogen and oxygen atoms in total. The molecule has 2 atom stereocenters. The Morgan fingerprint density at radius 1 is 1.40 bits per heavy atom. The second-order valence-electron chi connectivity index (χ2n) is 6.83. The summed E-state index contributed by atoms with van der Waals surface area (Å²) < 4.78 is 38.5. The highest BCUT2D eigenvalue weighted by Gasteiger charge is 2.42. The normalized spacial score (nSPS) is 23.9. The zero-order valence-corrected chi connectivity index (χ0v) is 13.7. The predicted molar refractivity (Wildman–Crippen MR) is 83.9 cm³/mol. The Kier molecular flexibility index (Phi) is 5.01. The van der Waals surface area contributed by atoms with Crippen LogP contribution in [0, 0.1) is 11.8 Å². The first-order chi connectivity index (χ1) is 11.8. The number of rotatable bonds is 2. The van der Waals surface area contributed by atoms with Gasteiger partial charge in [0.2, 0.25) is 0 Å². The minimum Gasteiger partial charge on any atom is -0.338 e. The molecule has 1 fully saturated rings. The Hall–Kier alpha value is -2.06. The molecule has 1 saturated carbocycles. The van der Waals surface area contributed by atoms with Crippen LogP contribution in [-0.2, 0) is 13.0 Å². The van der Waals surface area contributed by atoms with E-state index in [0.717, 1.165) is 5.69 Å². The molecule has 0 saturated heterocycles. The summed E-state index contributed by atoms with van der Waals surface area (Å²) in [5, 5.41) is 9.09. The summed E-state index contributed by atoms with van der Waals surface area (Å²) in [6.45, 7) is 1.00. The Labute approximate surface area is 142 Å². The Morgan fingerprint density at radius 3 is 2.96 bits per heavy atom. The molecule has 0 radical (unpaired) electrons. The number of urea groups is 1. The largest absolute Gasteiger partial charge is 0.391 e. The molecule has 2 amide bonds. The van der Waals surface area contributed by atoms with Crippen molar-refractivity contribution in [2.45, 2.75) is 44.8 Å². The van der Waals surface area contributed by atoms with Crippen molar-refractivity contribution in [2.24, 2.45) is 11.8 Å². The third-order valence-electron chi connectivity index (χ3n) is 5.03. The van der Waals surface area contributed by atoms with Crippen LogP contribution in [0.15, 0.2) is 10.9 Å². The Balaban J connectivity index is 1.52. The molecule has 0 aromatic carbocycles. The molecule has 25 heavy (non-hydrogen) atoms. The number of halogens is 3. The summed E-state index contributed by atoms with van der Waals surface area (Å²) in [6.07, 6.45) is -2.12. The van der Waals surface area contributed by atoms with Crippen LogP contribution >= 0.6 is 0 Å². The molecule has 1 aromatic heterocycles. The summed E-state index contributed by atoms with van der Waals surface area (Å²) in [6, 6.07) is 1.12. The van der Waals surface area contributed by atoms with Crippen LogP contribution in [-0.4, -0.2) is 40.4 Å². The van der Waals surface area contributed by atoms with Crippen LogP contribution in [0.3, 0.4) is 0 Å². The van der Waals surface area contributed by atoms with Crippen LogP contribution < -0.4 is 10.9 Å². The highest BCUT2D eigenvalue weighted by Crippen LogP contribution is 2.39. The van der Waals surface area contributed by atoms with Crippen molar-refractivity contribution in [1.82, 2.24) is 20.4 Å². The lowest BCUT2D eigenvalue weighted by Gasteiger charge is -2.32. The van der Waals surface area contributed by atoms with Crippen LogP contribution in [0.25, 0.3) is 0 Å². The molecule has 138 valence electrons. The highest BCUT2D eigenvalue weighted by atomic mass is 19.4. The number of aromatic amines is 1. The molecule has 1 aliphatic carbocycles. The highest BCUT2D eigenvalue weighted by molar-refractivity contribution is 5.74. The first-order valence-corrected chi connectivity index (χ1v) is 8.50. The summed E-state index contributed by atoms with van der Waals surface area (Å²) in [5.74, 6) is -1.41. The van der Waals surface area contributed by atoms with Gasteiger partial charge in [-0.05, 0) is 25.2 Å². The topological polar surface area (TPSA) is 78.1 Å². The van der Waals surface area contributed by atoms with Crippen LogP contribution in [0.1, 0.15) is 36.9 Å². The summed E-state index contributed by atoms with van der Waals surface area (Å²) in [4.78, 5) is 25.2. The molecule has 9 heteroatoms. The molecule has 2 aliphatic rings. The van der Waals surface area contributed by atoms with Gasteiger partial charge in [0.05, 0.1) is 11.6 Å². The minimum atomic E-state index is -4.15. The predicted octanol–water partition coefficient (Wildman–Crippen LogP) is 2.21. The van der Waals surface area contributed by atoms with E-state index in [-0.39, 0.29) is 43.4 Å². The Bertz CT molecular complexity index is 689. The molecule has 2 unspecified atom stereocenters. The van der Waals surface area contributed by atoms with Gasteiger partial charge in [-0.2, -0.15) is 18.3 Å². The molecule has 1 aliphatic heterocycles.